The van der Waals surface area contributed by atoms with Gasteiger partial charge in [0.15, 0.2) is 11.4 Å². The lowest BCUT2D eigenvalue weighted by Gasteiger charge is -2.11. The lowest BCUT2D eigenvalue weighted by Crippen LogP contribution is -2.20. The van der Waals surface area contributed by atoms with Gasteiger partial charge >= 0.3 is 0 Å². The molecule has 118 valence electrons. The van der Waals surface area contributed by atoms with Gasteiger partial charge in [-0.05, 0) is 6.92 Å². The zero-order valence-corrected chi connectivity index (χ0v) is 13.0. The molecule has 0 heterocycles. The van der Waals surface area contributed by atoms with Crippen molar-refractivity contribution in [2.75, 3.05) is 14.2 Å². The first-order chi connectivity index (χ1) is 11.2. The van der Waals surface area contributed by atoms with Gasteiger partial charge in [-0.2, -0.15) is 10.5 Å². The number of aliphatic imine (C=N–C) groups is 1. The van der Waals surface area contributed by atoms with Crippen LogP contribution in [0, 0.1) is 22.8 Å². The van der Waals surface area contributed by atoms with Crippen LogP contribution in [0.5, 0.6) is 0 Å². The summed E-state index contributed by atoms with van der Waals surface area (Å²) in [4.78, 5) is 13.5. The molecule has 0 amide bonds. The Hall–Kier alpha value is -3.39. The standard InChI is InChI=1S/C15H15N5O3/c1-11(8-16)19-23-9-12-6-4-5-7-13(12)14(20-22-3)15(21-2)18-10-17/h4-7H,9H2,1-3H3/b18-15?,19-11+,20-14?. The second-order valence-corrected chi connectivity index (χ2v) is 4.06. The van der Waals surface area contributed by atoms with Crippen molar-refractivity contribution in [1.29, 1.82) is 10.5 Å². The Morgan fingerprint density at radius 2 is 1.91 bits per heavy atom. The molecule has 0 radical (unpaired) electrons. The van der Waals surface area contributed by atoms with Crippen LogP contribution < -0.4 is 0 Å². The number of nitrogens with zero attached hydrogens (tertiary/aromatic N) is 5. The number of hydrogen-bond acceptors (Lipinski definition) is 8. The van der Waals surface area contributed by atoms with E-state index in [9.17, 15) is 0 Å². The Morgan fingerprint density at radius 1 is 1.17 bits per heavy atom. The Bertz CT molecular complexity index is 711. The smallest absolute Gasteiger partial charge is 0.254 e. The first kappa shape index (κ1) is 17.7. The van der Waals surface area contributed by atoms with E-state index in [2.05, 4.69) is 15.3 Å². The summed E-state index contributed by atoms with van der Waals surface area (Å²) in [5.41, 5.74) is 1.77. The number of hydrogen-bond donors (Lipinski definition) is 0. The maximum atomic E-state index is 8.74. The maximum Gasteiger partial charge on any atom is 0.254 e. The van der Waals surface area contributed by atoms with Gasteiger partial charge < -0.3 is 14.4 Å². The molecule has 0 fully saturated rings. The molecule has 1 aromatic carbocycles. The van der Waals surface area contributed by atoms with Crippen LogP contribution in [0.25, 0.3) is 0 Å². The van der Waals surface area contributed by atoms with E-state index in [1.54, 1.807) is 30.5 Å². The van der Waals surface area contributed by atoms with Crippen LogP contribution in [0.3, 0.4) is 0 Å². The summed E-state index contributed by atoms with van der Waals surface area (Å²) in [5, 5.41) is 24.9. The average molecular weight is 313 g/mol. The van der Waals surface area contributed by atoms with Gasteiger partial charge in [0.1, 0.15) is 19.8 Å². The number of benzene rings is 1. The molecule has 8 heteroatoms. The molecule has 0 spiro atoms. The lowest BCUT2D eigenvalue weighted by molar-refractivity contribution is 0.130. The lowest BCUT2D eigenvalue weighted by atomic mass is 10.0. The second kappa shape index (κ2) is 9.53. The van der Waals surface area contributed by atoms with Crippen LogP contribution in [0.2, 0.25) is 0 Å². The highest BCUT2D eigenvalue weighted by atomic mass is 16.6. The molecule has 0 aliphatic carbocycles. The maximum absolute atomic E-state index is 8.74. The van der Waals surface area contributed by atoms with E-state index in [1.807, 2.05) is 6.07 Å². The van der Waals surface area contributed by atoms with E-state index in [0.29, 0.717) is 11.1 Å². The van der Waals surface area contributed by atoms with Gasteiger partial charge in [-0.1, -0.05) is 34.6 Å². The van der Waals surface area contributed by atoms with Crippen molar-refractivity contribution in [3.05, 3.63) is 35.4 Å². The molecule has 0 aliphatic rings. The summed E-state index contributed by atoms with van der Waals surface area (Å²) in [6, 6.07) is 8.99. The number of nitriles is 2. The fourth-order valence-electron chi connectivity index (χ4n) is 1.63. The average Bonchev–Trinajstić information content (AvgIpc) is 2.58. The van der Waals surface area contributed by atoms with Crippen molar-refractivity contribution in [2.45, 2.75) is 13.5 Å². The zero-order valence-electron chi connectivity index (χ0n) is 13.0. The van der Waals surface area contributed by atoms with Crippen molar-refractivity contribution in [3.8, 4) is 12.3 Å². The van der Waals surface area contributed by atoms with Crippen LogP contribution in [0.1, 0.15) is 18.1 Å². The van der Waals surface area contributed by atoms with Gasteiger partial charge in [0, 0.05) is 11.1 Å². The van der Waals surface area contributed by atoms with Crippen molar-refractivity contribution in [1.82, 2.24) is 0 Å². The van der Waals surface area contributed by atoms with Crippen molar-refractivity contribution >= 4 is 17.3 Å². The quantitative estimate of drug-likeness (QED) is 0.345. The van der Waals surface area contributed by atoms with Crippen molar-refractivity contribution < 1.29 is 14.4 Å². The van der Waals surface area contributed by atoms with E-state index in [4.69, 9.17) is 24.9 Å². The molecule has 0 N–H and O–H groups in total. The molecule has 0 aliphatic heterocycles. The molecular formula is C15H15N5O3. The highest BCUT2D eigenvalue weighted by molar-refractivity contribution is 6.45. The van der Waals surface area contributed by atoms with Crippen molar-refractivity contribution in [3.63, 3.8) is 0 Å². The molecule has 0 atom stereocenters. The molecule has 1 aromatic rings. The van der Waals surface area contributed by atoms with Crippen LogP contribution in [0.15, 0.2) is 39.6 Å². The predicted octanol–water partition coefficient (Wildman–Crippen LogP) is 1.98. The summed E-state index contributed by atoms with van der Waals surface area (Å²) in [7, 11) is 2.75. The summed E-state index contributed by atoms with van der Waals surface area (Å²) >= 11 is 0. The molecular weight excluding hydrogens is 298 g/mol. The van der Waals surface area contributed by atoms with Gasteiger partial charge in [-0.15, -0.1) is 4.99 Å². The van der Waals surface area contributed by atoms with E-state index < -0.39 is 0 Å². The predicted molar refractivity (Wildman–Crippen MR) is 83.6 cm³/mol. The Kier molecular flexibility index (Phi) is 7.32. The molecule has 0 unspecified atom stereocenters. The molecule has 8 nitrogen and oxygen atoms in total. The zero-order chi connectivity index (χ0) is 17.1. The molecule has 0 bridgehead atoms. The van der Waals surface area contributed by atoms with E-state index >= 15 is 0 Å². The second-order valence-electron chi connectivity index (χ2n) is 4.06. The molecule has 0 saturated carbocycles. The third-order valence-corrected chi connectivity index (χ3v) is 2.59. The van der Waals surface area contributed by atoms with Crippen LogP contribution in [-0.4, -0.2) is 31.5 Å². The highest BCUT2D eigenvalue weighted by Gasteiger charge is 2.18. The fraction of sp³-hybridized carbons (Fsp3) is 0.267. The molecule has 0 aromatic heterocycles. The number of methoxy groups -OCH3 is 1. The minimum Gasteiger partial charge on any atom is -0.479 e. The number of oxime groups is 2. The van der Waals surface area contributed by atoms with Crippen LogP contribution in [0.4, 0.5) is 0 Å². The monoisotopic (exact) mass is 313 g/mol. The van der Waals surface area contributed by atoms with Crippen LogP contribution >= 0.6 is 0 Å². The van der Waals surface area contributed by atoms with Gasteiger partial charge in [0.2, 0.25) is 6.19 Å². The Labute approximate surface area is 133 Å². The van der Waals surface area contributed by atoms with E-state index in [-0.39, 0.29) is 23.9 Å². The van der Waals surface area contributed by atoms with Gasteiger partial charge in [0.05, 0.1) is 7.11 Å². The third-order valence-electron chi connectivity index (χ3n) is 2.59. The molecule has 1 rings (SSSR count). The first-order valence-electron chi connectivity index (χ1n) is 6.45. The summed E-state index contributed by atoms with van der Waals surface area (Å²) < 4.78 is 5.08. The fourth-order valence-corrected chi connectivity index (χ4v) is 1.63. The SMILES string of the molecule is CON=C(C(=NC#N)OC)c1ccccc1CO/N=C(\C)C#N. The third kappa shape index (κ3) is 5.14. The van der Waals surface area contributed by atoms with Gasteiger partial charge in [-0.25, -0.2) is 0 Å². The largest absolute Gasteiger partial charge is 0.479 e. The normalized spacial score (nSPS) is 12.1. The topological polar surface area (TPSA) is 112 Å². The number of rotatable bonds is 6. The minimum absolute atomic E-state index is 0.0125. The first-order valence-corrected chi connectivity index (χ1v) is 6.45. The summed E-state index contributed by atoms with van der Waals surface area (Å²) in [5.74, 6) is 0.0125. The van der Waals surface area contributed by atoms with E-state index in [1.165, 1.54) is 21.1 Å². The summed E-state index contributed by atoms with van der Waals surface area (Å²) in [6.07, 6.45) is 1.65. The molecule has 0 saturated heterocycles. The molecule has 23 heavy (non-hydrogen) atoms. The van der Waals surface area contributed by atoms with Gasteiger partial charge in [0.25, 0.3) is 5.90 Å². The van der Waals surface area contributed by atoms with E-state index in [0.717, 1.165) is 0 Å². The highest BCUT2D eigenvalue weighted by Crippen LogP contribution is 2.14. The Morgan fingerprint density at radius 3 is 2.52 bits per heavy atom. The number of ether oxygens (including phenoxy) is 1. The minimum atomic E-state index is 0.0125. The van der Waals surface area contributed by atoms with Crippen LogP contribution in [-0.2, 0) is 21.0 Å². The van der Waals surface area contributed by atoms with Gasteiger partial charge in [-0.3, -0.25) is 0 Å². The Balaban J connectivity index is 3.20. The van der Waals surface area contributed by atoms with Crippen molar-refractivity contribution in [2.24, 2.45) is 15.3 Å². The summed E-state index contributed by atoms with van der Waals surface area (Å²) in [6.45, 7) is 1.63.